The van der Waals surface area contributed by atoms with Gasteiger partial charge in [-0.25, -0.2) is 8.42 Å². The molecule has 0 radical (unpaired) electrons. The van der Waals surface area contributed by atoms with Gasteiger partial charge in [0.1, 0.15) is 5.75 Å². The third-order valence-electron chi connectivity index (χ3n) is 4.04. The normalized spacial score (nSPS) is 11.3. The lowest BCUT2D eigenvalue weighted by Crippen LogP contribution is -2.26. The first-order valence-electron chi connectivity index (χ1n) is 8.66. The first-order chi connectivity index (χ1) is 12.6. The second-order valence-electron chi connectivity index (χ2n) is 6.72. The molecule has 6 nitrogen and oxygen atoms in total. The van der Waals surface area contributed by atoms with Gasteiger partial charge < -0.3 is 10.1 Å². The molecule has 1 amide bonds. The number of sulfonamides is 1. The largest absolute Gasteiger partial charge is 0.491 e. The highest BCUT2D eigenvalue weighted by atomic mass is 32.2. The Labute approximate surface area is 161 Å². The molecule has 0 aliphatic carbocycles. The molecule has 0 bridgehead atoms. The van der Waals surface area contributed by atoms with E-state index in [4.69, 9.17) is 4.74 Å². The predicted octanol–water partition coefficient (Wildman–Crippen LogP) is 3.11. The van der Waals surface area contributed by atoms with Gasteiger partial charge in [-0.1, -0.05) is 12.1 Å². The topological polar surface area (TPSA) is 75.7 Å². The maximum atomic E-state index is 12.4. The van der Waals surface area contributed by atoms with Crippen LogP contribution in [0.1, 0.15) is 35.3 Å². The van der Waals surface area contributed by atoms with Gasteiger partial charge in [0.2, 0.25) is 10.0 Å². The van der Waals surface area contributed by atoms with Gasteiger partial charge in [0, 0.05) is 19.2 Å². The van der Waals surface area contributed by atoms with Crippen molar-refractivity contribution in [3.63, 3.8) is 0 Å². The van der Waals surface area contributed by atoms with Crippen LogP contribution in [0.4, 0.5) is 5.69 Å². The highest BCUT2D eigenvalue weighted by Gasteiger charge is 2.15. The number of nitrogens with one attached hydrogen (secondary N) is 1. The molecule has 146 valence electrons. The van der Waals surface area contributed by atoms with E-state index in [-0.39, 0.29) is 12.0 Å². The summed E-state index contributed by atoms with van der Waals surface area (Å²) >= 11 is 0. The van der Waals surface area contributed by atoms with Crippen LogP contribution in [0.5, 0.6) is 5.75 Å². The summed E-state index contributed by atoms with van der Waals surface area (Å²) in [5, 5.41) is 2.87. The molecule has 2 aromatic rings. The van der Waals surface area contributed by atoms with Gasteiger partial charge in [-0.05, 0) is 62.2 Å². The minimum atomic E-state index is -3.35. The lowest BCUT2D eigenvalue weighted by molar-refractivity contribution is 0.0951. The second kappa shape index (κ2) is 8.43. The highest BCUT2D eigenvalue weighted by Crippen LogP contribution is 2.22. The Morgan fingerprint density at radius 1 is 1.15 bits per heavy atom. The molecule has 0 fully saturated rings. The zero-order chi connectivity index (χ0) is 20.2. The molecule has 0 saturated heterocycles. The summed E-state index contributed by atoms with van der Waals surface area (Å²) in [6.45, 7) is 6.11. The lowest BCUT2D eigenvalue weighted by Gasteiger charge is -2.19. The quantitative estimate of drug-likeness (QED) is 0.788. The van der Waals surface area contributed by atoms with E-state index in [9.17, 15) is 13.2 Å². The summed E-state index contributed by atoms with van der Waals surface area (Å²) in [4.78, 5) is 12.4. The Kier molecular flexibility index (Phi) is 6.49. The van der Waals surface area contributed by atoms with Gasteiger partial charge in [-0.2, -0.15) is 0 Å². The lowest BCUT2D eigenvalue weighted by atomic mass is 10.1. The van der Waals surface area contributed by atoms with E-state index in [1.807, 2.05) is 38.1 Å². The fourth-order valence-corrected chi connectivity index (χ4v) is 3.13. The van der Waals surface area contributed by atoms with Crippen molar-refractivity contribution >= 4 is 21.6 Å². The molecule has 7 heteroatoms. The zero-order valence-electron chi connectivity index (χ0n) is 16.3. The molecular formula is C20H26N2O4S. The smallest absolute Gasteiger partial charge is 0.251 e. The number of hydrogen-bond donors (Lipinski definition) is 1. The zero-order valence-corrected chi connectivity index (χ0v) is 17.1. The molecule has 0 spiro atoms. The van der Waals surface area contributed by atoms with Crippen LogP contribution in [0.25, 0.3) is 0 Å². The fourth-order valence-electron chi connectivity index (χ4n) is 2.57. The molecule has 0 saturated carbocycles. The van der Waals surface area contributed by atoms with Crippen molar-refractivity contribution in [2.24, 2.45) is 0 Å². The van der Waals surface area contributed by atoms with Gasteiger partial charge in [-0.3, -0.25) is 9.10 Å². The van der Waals surface area contributed by atoms with E-state index in [2.05, 4.69) is 5.32 Å². The molecule has 0 unspecified atom stereocenters. The Balaban J connectivity index is 2.03. The number of anilines is 1. The van der Waals surface area contributed by atoms with Crippen molar-refractivity contribution in [2.75, 3.05) is 17.6 Å². The van der Waals surface area contributed by atoms with Gasteiger partial charge in [0.25, 0.3) is 5.91 Å². The van der Waals surface area contributed by atoms with E-state index in [1.165, 1.54) is 11.4 Å². The van der Waals surface area contributed by atoms with Gasteiger partial charge in [0.15, 0.2) is 0 Å². The molecule has 0 heterocycles. The Bertz CT molecular complexity index is 906. The van der Waals surface area contributed by atoms with Gasteiger partial charge >= 0.3 is 0 Å². The number of amides is 1. The minimum absolute atomic E-state index is 0.114. The SMILES string of the molecule is Cc1cc(C(=O)NCc2ccc(OC(C)C)cc2)ccc1N(C)S(C)(=O)=O. The summed E-state index contributed by atoms with van der Waals surface area (Å²) in [7, 11) is -1.86. The van der Waals surface area contributed by atoms with Crippen LogP contribution in [0.2, 0.25) is 0 Å². The molecule has 0 aliphatic heterocycles. The average molecular weight is 391 g/mol. The minimum Gasteiger partial charge on any atom is -0.491 e. The molecule has 0 aliphatic rings. The Morgan fingerprint density at radius 3 is 2.30 bits per heavy atom. The number of carbonyl (C=O) groups excluding carboxylic acids is 1. The summed E-state index contributed by atoms with van der Waals surface area (Å²) in [5.74, 6) is 0.579. The third-order valence-corrected chi connectivity index (χ3v) is 5.24. The first-order valence-corrected chi connectivity index (χ1v) is 10.5. The van der Waals surface area contributed by atoms with Crippen LogP contribution < -0.4 is 14.4 Å². The fraction of sp³-hybridized carbons (Fsp3) is 0.350. The van der Waals surface area contributed by atoms with Crippen molar-refractivity contribution in [1.29, 1.82) is 0 Å². The number of nitrogens with zero attached hydrogens (tertiary/aromatic N) is 1. The van der Waals surface area contributed by atoms with Crippen molar-refractivity contribution < 1.29 is 17.9 Å². The number of carbonyl (C=O) groups is 1. The summed E-state index contributed by atoms with van der Waals surface area (Å²) in [6, 6.07) is 12.5. The van der Waals surface area contributed by atoms with Crippen LogP contribution in [0.3, 0.4) is 0 Å². The van der Waals surface area contributed by atoms with Crippen molar-refractivity contribution in [3.8, 4) is 5.75 Å². The summed E-state index contributed by atoms with van der Waals surface area (Å²) in [5.41, 5.74) is 2.71. The predicted molar refractivity (Wildman–Crippen MR) is 108 cm³/mol. The maximum absolute atomic E-state index is 12.4. The second-order valence-corrected chi connectivity index (χ2v) is 8.74. The van der Waals surface area contributed by atoms with Crippen LogP contribution in [-0.4, -0.2) is 33.7 Å². The van der Waals surface area contributed by atoms with Crippen molar-refractivity contribution in [3.05, 3.63) is 59.2 Å². The molecule has 1 N–H and O–H groups in total. The summed E-state index contributed by atoms with van der Waals surface area (Å²) < 4.78 is 30.2. The van der Waals surface area contributed by atoms with Crippen LogP contribution in [-0.2, 0) is 16.6 Å². The van der Waals surface area contributed by atoms with Crippen molar-refractivity contribution in [2.45, 2.75) is 33.4 Å². The van der Waals surface area contributed by atoms with E-state index in [1.54, 1.807) is 25.1 Å². The van der Waals surface area contributed by atoms with Crippen LogP contribution in [0.15, 0.2) is 42.5 Å². The van der Waals surface area contributed by atoms with E-state index in [0.717, 1.165) is 17.6 Å². The molecule has 27 heavy (non-hydrogen) atoms. The first kappa shape index (κ1) is 20.8. The standard InChI is InChI=1S/C20H26N2O4S/c1-14(2)26-18-9-6-16(7-10-18)13-21-20(23)17-8-11-19(15(3)12-17)22(4)27(5,24)25/h6-12,14H,13H2,1-5H3,(H,21,23). The van der Waals surface area contributed by atoms with Crippen LogP contribution in [0, 0.1) is 6.92 Å². The molecule has 2 aromatic carbocycles. The van der Waals surface area contributed by atoms with Gasteiger partial charge in [0.05, 0.1) is 18.0 Å². The van der Waals surface area contributed by atoms with Gasteiger partial charge in [-0.15, -0.1) is 0 Å². The molecule has 0 aromatic heterocycles. The monoisotopic (exact) mass is 390 g/mol. The Hall–Kier alpha value is -2.54. The van der Waals surface area contributed by atoms with Crippen molar-refractivity contribution in [1.82, 2.24) is 5.32 Å². The number of rotatable bonds is 7. The molecule has 0 atom stereocenters. The number of hydrogen-bond acceptors (Lipinski definition) is 4. The molecule has 2 rings (SSSR count). The molecular weight excluding hydrogens is 364 g/mol. The average Bonchev–Trinajstić information content (AvgIpc) is 2.59. The number of ether oxygens (including phenoxy) is 1. The maximum Gasteiger partial charge on any atom is 0.251 e. The number of aryl methyl sites for hydroxylation is 1. The highest BCUT2D eigenvalue weighted by molar-refractivity contribution is 7.92. The van der Waals surface area contributed by atoms with E-state index >= 15 is 0 Å². The summed E-state index contributed by atoms with van der Waals surface area (Å²) in [6.07, 6.45) is 1.26. The van der Waals surface area contributed by atoms with Crippen LogP contribution >= 0.6 is 0 Å². The Morgan fingerprint density at radius 2 is 1.78 bits per heavy atom. The van der Waals surface area contributed by atoms with E-state index in [0.29, 0.717) is 23.4 Å². The number of benzene rings is 2. The third kappa shape index (κ3) is 5.72. The van der Waals surface area contributed by atoms with E-state index < -0.39 is 10.0 Å².